The molecule has 166 valence electrons. The lowest BCUT2D eigenvalue weighted by atomic mass is 9.93. The Balaban J connectivity index is 1.23. The van der Waals surface area contributed by atoms with Crippen molar-refractivity contribution in [3.05, 3.63) is 36.2 Å². The molecule has 1 atom stereocenters. The van der Waals surface area contributed by atoms with Crippen LogP contribution in [0.2, 0.25) is 0 Å². The van der Waals surface area contributed by atoms with Gasteiger partial charge in [0, 0.05) is 38.7 Å². The number of fused-ring (bicyclic) bond motifs is 1. The van der Waals surface area contributed by atoms with Crippen LogP contribution in [0.4, 0.5) is 11.6 Å². The number of hydrogen-bond acceptors (Lipinski definition) is 7. The summed E-state index contributed by atoms with van der Waals surface area (Å²) in [5.74, 6) is 3.91. The van der Waals surface area contributed by atoms with E-state index in [9.17, 15) is 4.79 Å². The summed E-state index contributed by atoms with van der Waals surface area (Å²) < 4.78 is 10.7. The predicted octanol–water partition coefficient (Wildman–Crippen LogP) is 3.34. The van der Waals surface area contributed by atoms with Crippen molar-refractivity contribution >= 4 is 17.5 Å². The number of carbonyl (C=O) groups excluding carboxylic acids is 1. The molecule has 1 unspecified atom stereocenters. The molecule has 1 aromatic heterocycles. The van der Waals surface area contributed by atoms with Gasteiger partial charge in [0.25, 0.3) is 0 Å². The molecule has 4 rings (SSSR count). The minimum absolute atomic E-state index is 0.0860. The highest BCUT2D eigenvalue weighted by molar-refractivity contribution is 5.75. The van der Waals surface area contributed by atoms with Crippen molar-refractivity contribution < 1.29 is 14.3 Å². The quantitative estimate of drug-likeness (QED) is 0.637. The van der Waals surface area contributed by atoms with E-state index in [0.29, 0.717) is 18.9 Å². The van der Waals surface area contributed by atoms with Crippen LogP contribution in [0, 0.1) is 5.92 Å². The van der Waals surface area contributed by atoms with Crippen LogP contribution < -0.4 is 25.0 Å². The lowest BCUT2D eigenvalue weighted by molar-refractivity contribution is -0.121. The fourth-order valence-corrected chi connectivity index (χ4v) is 4.05. The highest BCUT2D eigenvalue weighted by Gasteiger charge is 2.22. The Kier molecular flexibility index (Phi) is 7.07. The van der Waals surface area contributed by atoms with Gasteiger partial charge in [0.1, 0.15) is 18.0 Å². The van der Waals surface area contributed by atoms with Crippen LogP contribution in [0.1, 0.15) is 44.6 Å². The number of piperidine rings is 1. The molecular weight excluding hydrogens is 394 g/mol. The molecule has 1 saturated heterocycles. The summed E-state index contributed by atoms with van der Waals surface area (Å²) in [6.07, 6.45) is 6.37. The maximum Gasteiger partial charge on any atom is 0.231 e. The minimum Gasteiger partial charge on any atom is -0.454 e. The number of nitrogens with zero attached hydrogens (tertiary/aromatic N) is 3. The van der Waals surface area contributed by atoms with Gasteiger partial charge in [-0.3, -0.25) is 4.79 Å². The Morgan fingerprint density at radius 3 is 3.03 bits per heavy atom. The molecule has 0 radical (unpaired) electrons. The number of carbonyl (C=O) groups is 1. The maximum atomic E-state index is 12.4. The summed E-state index contributed by atoms with van der Waals surface area (Å²) in [6.45, 7) is 5.72. The van der Waals surface area contributed by atoms with E-state index in [2.05, 4.69) is 32.4 Å². The first-order valence-electron chi connectivity index (χ1n) is 11.2. The Bertz CT molecular complexity index is 891. The molecule has 0 saturated carbocycles. The first-order valence-corrected chi connectivity index (χ1v) is 11.2. The molecule has 1 amide bonds. The van der Waals surface area contributed by atoms with Crippen LogP contribution >= 0.6 is 0 Å². The molecule has 0 aliphatic carbocycles. The molecule has 1 aromatic carbocycles. The zero-order chi connectivity index (χ0) is 21.5. The van der Waals surface area contributed by atoms with Crippen LogP contribution in [0.5, 0.6) is 11.5 Å². The molecule has 0 spiro atoms. The number of rotatable bonds is 9. The zero-order valence-electron chi connectivity index (χ0n) is 18.1. The minimum atomic E-state index is 0.0860. The molecule has 3 heterocycles. The lowest BCUT2D eigenvalue weighted by Gasteiger charge is -2.33. The van der Waals surface area contributed by atoms with Gasteiger partial charge in [-0.05, 0) is 49.3 Å². The van der Waals surface area contributed by atoms with E-state index in [-0.39, 0.29) is 12.7 Å². The standard InChI is InChI=1S/C23H31N5O3/c1-2-9-24-21-12-22(27-15-26-21)28-10-3-4-17(14-28)6-8-23(29)25-13-18-5-7-19-20(11-18)31-16-30-19/h5,7,11-12,15,17H,2-4,6,8-10,13-14,16H2,1H3,(H,25,29)(H,24,26,27). The van der Waals surface area contributed by atoms with E-state index < -0.39 is 0 Å². The number of hydrogen-bond donors (Lipinski definition) is 2. The van der Waals surface area contributed by atoms with Crippen molar-refractivity contribution in [2.75, 3.05) is 36.6 Å². The van der Waals surface area contributed by atoms with Gasteiger partial charge in [-0.2, -0.15) is 0 Å². The van der Waals surface area contributed by atoms with Gasteiger partial charge in [-0.25, -0.2) is 9.97 Å². The van der Waals surface area contributed by atoms with Crippen molar-refractivity contribution in [1.82, 2.24) is 15.3 Å². The molecule has 0 bridgehead atoms. The number of anilines is 2. The third kappa shape index (κ3) is 5.77. The average Bonchev–Trinajstić information content (AvgIpc) is 3.28. The number of aromatic nitrogens is 2. The van der Waals surface area contributed by atoms with Crippen LogP contribution in [-0.4, -0.2) is 42.3 Å². The monoisotopic (exact) mass is 425 g/mol. The van der Waals surface area contributed by atoms with Crippen molar-refractivity contribution in [2.45, 2.75) is 45.6 Å². The van der Waals surface area contributed by atoms with E-state index in [4.69, 9.17) is 9.47 Å². The fraction of sp³-hybridized carbons (Fsp3) is 0.522. The third-order valence-electron chi connectivity index (χ3n) is 5.76. The smallest absolute Gasteiger partial charge is 0.231 e. The van der Waals surface area contributed by atoms with Crippen molar-refractivity contribution in [1.29, 1.82) is 0 Å². The lowest BCUT2D eigenvalue weighted by Crippen LogP contribution is -2.36. The van der Waals surface area contributed by atoms with Crippen molar-refractivity contribution in [3.8, 4) is 11.5 Å². The molecule has 2 N–H and O–H groups in total. The molecule has 8 heteroatoms. The first kappa shape index (κ1) is 21.2. The number of benzene rings is 1. The van der Waals surface area contributed by atoms with Crippen molar-refractivity contribution in [2.24, 2.45) is 5.92 Å². The second-order valence-corrected chi connectivity index (χ2v) is 8.15. The summed E-state index contributed by atoms with van der Waals surface area (Å²) in [5, 5.41) is 6.34. The summed E-state index contributed by atoms with van der Waals surface area (Å²) in [4.78, 5) is 23.5. The van der Waals surface area contributed by atoms with E-state index in [1.807, 2.05) is 24.3 Å². The Labute approximate surface area is 183 Å². The van der Waals surface area contributed by atoms with E-state index >= 15 is 0 Å². The fourth-order valence-electron chi connectivity index (χ4n) is 4.05. The van der Waals surface area contributed by atoms with Gasteiger partial charge in [0.2, 0.25) is 12.7 Å². The molecule has 31 heavy (non-hydrogen) atoms. The van der Waals surface area contributed by atoms with Gasteiger partial charge < -0.3 is 25.0 Å². The number of nitrogens with one attached hydrogen (secondary N) is 2. The van der Waals surface area contributed by atoms with Gasteiger partial charge in [0.05, 0.1) is 0 Å². The Hall–Kier alpha value is -3.03. The van der Waals surface area contributed by atoms with Crippen LogP contribution in [-0.2, 0) is 11.3 Å². The largest absolute Gasteiger partial charge is 0.454 e. The number of ether oxygens (including phenoxy) is 2. The maximum absolute atomic E-state index is 12.4. The Morgan fingerprint density at radius 1 is 1.23 bits per heavy atom. The van der Waals surface area contributed by atoms with Gasteiger partial charge >= 0.3 is 0 Å². The topological polar surface area (TPSA) is 88.6 Å². The summed E-state index contributed by atoms with van der Waals surface area (Å²) >= 11 is 0. The summed E-state index contributed by atoms with van der Waals surface area (Å²) in [6, 6.07) is 7.79. The predicted molar refractivity (Wildman–Crippen MR) is 119 cm³/mol. The highest BCUT2D eigenvalue weighted by Crippen LogP contribution is 2.32. The molecular formula is C23H31N5O3. The normalized spacial score (nSPS) is 17.5. The summed E-state index contributed by atoms with van der Waals surface area (Å²) in [5.41, 5.74) is 1.01. The average molecular weight is 426 g/mol. The second kappa shape index (κ2) is 10.3. The van der Waals surface area contributed by atoms with Crippen LogP contribution in [0.25, 0.3) is 0 Å². The Morgan fingerprint density at radius 2 is 2.13 bits per heavy atom. The van der Waals surface area contributed by atoms with Crippen LogP contribution in [0.15, 0.2) is 30.6 Å². The first-order chi connectivity index (χ1) is 15.2. The SMILES string of the molecule is CCCNc1cc(N2CCCC(CCC(=O)NCc3ccc4c(c3)OCO4)C2)ncn1. The molecule has 2 aliphatic heterocycles. The molecule has 2 aromatic rings. The molecule has 1 fully saturated rings. The van der Waals surface area contributed by atoms with E-state index in [1.54, 1.807) is 6.33 Å². The highest BCUT2D eigenvalue weighted by atomic mass is 16.7. The van der Waals surface area contributed by atoms with E-state index in [0.717, 1.165) is 74.0 Å². The summed E-state index contributed by atoms with van der Waals surface area (Å²) in [7, 11) is 0. The van der Waals surface area contributed by atoms with Gasteiger partial charge in [0.15, 0.2) is 11.5 Å². The van der Waals surface area contributed by atoms with E-state index in [1.165, 1.54) is 0 Å². The van der Waals surface area contributed by atoms with Crippen LogP contribution in [0.3, 0.4) is 0 Å². The number of amides is 1. The van der Waals surface area contributed by atoms with Crippen molar-refractivity contribution in [3.63, 3.8) is 0 Å². The third-order valence-corrected chi connectivity index (χ3v) is 5.76. The van der Waals surface area contributed by atoms with Gasteiger partial charge in [-0.1, -0.05) is 13.0 Å². The molecule has 8 nitrogen and oxygen atoms in total. The van der Waals surface area contributed by atoms with Gasteiger partial charge in [-0.15, -0.1) is 0 Å². The molecule has 2 aliphatic rings. The second-order valence-electron chi connectivity index (χ2n) is 8.15. The zero-order valence-corrected chi connectivity index (χ0v) is 18.1.